The Labute approximate surface area is 170 Å². The Bertz CT molecular complexity index is 1120. The summed E-state index contributed by atoms with van der Waals surface area (Å²) >= 11 is 0. The van der Waals surface area contributed by atoms with Crippen LogP contribution in [0, 0.1) is 11.3 Å². The van der Waals surface area contributed by atoms with E-state index in [1.807, 2.05) is 0 Å². The average Bonchev–Trinajstić information content (AvgIpc) is 3.13. The molecular formula is C17H17F3N6O3S. The lowest BCUT2D eigenvalue weighted by molar-refractivity contribution is -0.137. The average molecular weight is 442 g/mol. The van der Waals surface area contributed by atoms with Crippen molar-refractivity contribution in [2.75, 3.05) is 24.5 Å². The van der Waals surface area contributed by atoms with Crippen LogP contribution in [-0.4, -0.2) is 53.9 Å². The van der Waals surface area contributed by atoms with E-state index in [1.165, 1.54) is 34.1 Å². The molecule has 0 spiro atoms. The van der Waals surface area contributed by atoms with Gasteiger partial charge in [-0.1, -0.05) is 0 Å². The fraction of sp³-hybridized carbons (Fsp3) is 0.353. The summed E-state index contributed by atoms with van der Waals surface area (Å²) in [5, 5.41) is 8.73. The number of nitriles is 1. The normalized spacial score (nSPS) is 18.2. The molecule has 0 radical (unpaired) electrons. The maximum Gasteiger partial charge on any atom is 0.417 e. The van der Waals surface area contributed by atoms with Crippen LogP contribution in [0.2, 0.25) is 0 Å². The lowest BCUT2D eigenvalue weighted by Crippen LogP contribution is -2.59. The number of nitrogens with zero attached hydrogens (tertiary/aromatic N) is 5. The van der Waals surface area contributed by atoms with Crippen molar-refractivity contribution in [1.29, 1.82) is 5.26 Å². The highest BCUT2D eigenvalue weighted by Crippen LogP contribution is 2.35. The monoisotopic (exact) mass is 442 g/mol. The lowest BCUT2D eigenvalue weighted by atomic mass is 10.0. The summed E-state index contributed by atoms with van der Waals surface area (Å²) in [6, 6.07) is 3.32. The number of nitrogens with two attached hydrogens (primary N) is 1. The number of anilines is 1. The van der Waals surface area contributed by atoms with Gasteiger partial charge in [0.1, 0.15) is 6.04 Å². The van der Waals surface area contributed by atoms with Gasteiger partial charge < -0.3 is 15.2 Å². The number of alkyl halides is 3. The molecule has 2 N–H and O–H groups in total. The first-order valence-corrected chi connectivity index (χ1v) is 10.0. The van der Waals surface area contributed by atoms with Crippen LogP contribution in [0.4, 0.5) is 18.9 Å². The standard InChI is InChI=1S/C17H17F3N6O3S/c1-24-9-15(23-10-24)30(28,29)25-4-5-26(14(8-25)16(22)27)12-3-2-11(7-21)13(6-12)17(18,19)20/h2-3,6,9-10,14H,4-5,8H2,1H3,(H2,22,27). The number of sulfonamides is 1. The predicted molar refractivity (Wildman–Crippen MR) is 98.5 cm³/mol. The zero-order valence-electron chi connectivity index (χ0n) is 15.7. The van der Waals surface area contributed by atoms with Crippen molar-refractivity contribution < 1.29 is 26.4 Å². The number of aryl methyl sites for hydroxylation is 1. The molecule has 0 saturated carbocycles. The molecule has 9 nitrogen and oxygen atoms in total. The topological polar surface area (TPSA) is 125 Å². The van der Waals surface area contributed by atoms with Gasteiger partial charge in [0, 0.05) is 38.6 Å². The molecule has 1 aromatic carbocycles. The Hall–Kier alpha value is -3.11. The number of imidazole rings is 1. The SMILES string of the molecule is Cn1cnc(S(=O)(=O)N2CCN(c3ccc(C#N)c(C(F)(F)F)c3)C(C(N)=O)C2)c1. The summed E-state index contributed by atoms with van der Waals surface area (Å²) in [5.41, 5.74) is 3.74. The van der Waals surface area contributed by atoms with E-state index >= 15 is 0 Å². The molecule has 2 aromatic rings. The molecule has 1 aromatic heterocycles. The van der Waals surface area contributed by atoms with Crippen LogP contribution in [0.1, 0.15) is 11.1 Å². The molecule has 1 aliphatic rings. The Morgan fingerprint density at radius 1 is 1.33 bits per heavy atom. The van der Waals surface area contributed by atoms with Gasteiger partial charge in [0.05, 0.1) is 23.5 Å². The Morgan fingerprint density at radius 2 is 2.03 bits per heavy atom. The van der Waals surface area contributed by atoms with E-state index in [4.69, 9.17) is 11.0 Å². The van der Waals surface area contributed by atoms with Crippen LogP contribution >= 0.6 is 0 Å². The number of benzene rings is 1. The van der Waals surface area contributed by atoms with Gasteiger partial charge in [0.15, 0.2) is 5.03 Å². The zero-order valence-corrected chi connectivity index (χ0v) is 16.5. The number of piperazine rings is 1. The number of aromatic nitrogens is 2. The van der Waals surface area contributed by atoms with Crippen LogP contribution in [0.15, 0.2) is 35.7 Å². The number of hydrogen-bond donors (Lipinski definition) is 1. The molecule has 30 heavy (non-hydrogen) atoms. The highest BCUT2D eigenvalue weighted by molar-refractivity contribution is 7.89. The number of carbonyl (C=O) groups excluding carboxylic acids is 1. The van der Waals surface area contributed by atoms with Crippen molar-refractivity contribution in [2.24, 2.45) is 12.8 Å². The molecule has 2 heterocycles. The number of rotatable bonds is 4. The van der Waals surface area contributed by atoms with Crippen LogP contribution < -0.4 is 10.6 Å². The number of amides is 1. The number of primary amides is 1. The van der Waals surface area contributed by atoms with Gasteiger partial charge in [0.25, 0.3) is 10.0 Å². The van der Waals surface area contributed by atoms with Crippen LogP contribution in [-0.2, 0) is 28.0 Å². The molecule has 0 bridgehead atoms. The number of hydrogen-bond acceptors (Lipinski definition) is 6. The first-order chi connectivity index (χ1) is 13.9. The maximum atomic E-state index is 13.3. The molecule has 160 valence electrons. The summed E-state index contributed by atoms with van der Waals surface area (Å²) in [6.45, 7) is -0.525. The van der Waals surface area contributed by atoms with Crippen molar-refractivity contribution in [3.63, 3.8) is 0 Å². The molecular weight excluding hydrogens is 425 g/mol. The van der Waals surface area contributed by atoms with Gasteiger partial charge >= 0.3 is 6.18 Å². The summed E-state index contributed by atoms with van der Waals surface area (Å²) < 4.78 is 67.9. The van der Waals surface area contributed by atoms with E-state index in [1.54, 1.807) is 7.05 Å². The minimum atomic E-state index is -4.77. The van der Waals surface area contributed by atoms with Crippen molar-refractivity contribution in [3.05, 3.63) is 41.9 Å². The molecule has 1 fully saturated rings. The Kier molecular flexibility index (Phi) is 5.48. The summed E-state index contributed by atoms with van der Waals surface area (Å²) in [6.07, 6.45) is -2.16. The van der Waals surface area contributed by atoms with E-state index in [0.717, 1.165) is 16.4 Å². The van der Waals surface area contributed by atoms with Gasteiger partial charge in [-0.05, 0) is 18.2 Å². The molecule has 1 aliphatic heterocycles. The van der Waals surface area contributed by atoms with Crippen molar-refractivity contribution >= 4 is 21.6 Å². The van der Waals surface area contributed by atoms with Crippen LogP contribution in [0.3, 0.4) is 0 Å². The number of halogens is 3. The minimum absolute atomic E-state index is 0.0139. The van der Waals surface area contributed by atoms with Crippen molar-refractivity contribution in [3.8, 4) is 6.07 Å². The highest BCUT2D eigenvalue weighted by Gasteiger charge is 2.39. The maximum absolute atomic E-state index is 13.3. The summed E-state index contributed by atoms with van der Waals surface area (Å²) in [5.74, 6) is -0.895. The molecule has 1 atom stereocenters. The van der Waals surface area contributed by atoms with E-state index in [-0.39, 0.29) is 30.3 Å². The molecule has 1 amide bonds. The molecule has 3 rings (SSSR count). The van der Waals surface area contributed by atoms with Gasteiger partial charge in [0.2, 0.25) is 5.91 Å². The quantitative estimate of drug-likeness (QED) is 0.742. The summed E-state index contributed by atoms with van der Waals surface area (Å²) in [7, 11) is -2.41. The molecule has 0 aliphatic carbocycles. The minimum Gasteiger partial charge on any atom is -0.368 e. The summed E-state index contributed by atoms with van der Waals surface area (Å²) in [4.78, 5) is 17.1. The molecule has 1 unspecified atom stereocenters. The van der Waals surface area contributed by atoms with Crippen molar-refractivity contribution in [1.82, 2.24) is 13.9 Å². The van der Waals surface area contributed by atoms with Crippen molar-refractivity contribution in [2.45, 2.75) is 17.2 Å². The first-order valence-electron chi connectivity index (χ1n) is 8.60. The van der Waals surface area contributed by atoms with E-state index in [2.05, 4.69) is 4.98 Å². The largest absolute Gasteiger partial charge is 0.417 e. The van der Waals surface area contributed by atoms with E-state index < -0.39 is 39.3 Å². The van der Waals surface area contributed by atoms with Crippen LogP contribution in [0.25, 0.3) is 0 Å². The highest BCUT2D eigenvalue weighted by atomic mass is 32.2. The third kappa shape index (κ3) is 3.96. The lowest BCUT2D eigenvalue weighted by Gasteiger charge is -2.40. The second kappa shape index (κ2) is 7.62. The van der Waals surface area contributed by atoms with Gasteiger partial charge in [-0.25, -0.2) is 13.4 Å². The van der Waals surface area contributed by atoms with E-state index in [9.17, 15) is 26.4 Å². The van der Waals surface area contributed by atoms with Crippen LogP contribution in [0.5, 0.6) is 0 Å². The third-order valence-electron chi connectivity index (χ3n) is 4.72. The molecule has 1 saturated heterocycles. The molecule has 13 heteroatoms. The first kappa shape index (κ1) is 21.6. The smallest absolute Gasteiger partial charge is 0.368 e. The van der Waals surface area contributed by atoms with E-state index in [0.29, 0.717) is 0 Å². The Balaban J connectivity index is 1.94. The van der Waals surface area contributed by atoms with Gasteiger partial charge in [-0.2, -0.15) is 22.7 Å². The number of carbonyl (C=O) groups is 1. The van der Waals surface area contributed by atoms with Gasteiger partial charge in [-0.3, -0.25) is 4.79 Å². The predicted octanol–water partition coefficient (Wildman–Crippen LogP) is 0.675. The second-order valence-electron chi connectivity index (χ2n) is 6.69. The van der Waals surface area contributed by atoms with Gasteiger partial charge in [-0.15, -0.1) is 0 Å². The Morgan fingerprint density at radius 3 is 2.57 bits per heavy atom. The third-order valence-corrected chi connectivity index (χ3v) is 6.47. The second-order valence-corrected chi connectivity index (χ2v) is 8.58. The fourth-order valence-corrected chi connectivity index (χ4v) is 4.63. The zero-order chi connectivity index (χ0) is 22.3. The fourth-order valence-electron chi connectivity index (χ4n) is 3.23.